The average Bonchev–Trinajstić information content (AvgIpc) is 2.70. The lowest BCUT2D eigenvalue weighted by molar-refractivity contribution is -0.114. The number of amides is 1. The van der Waals surface area contributed by atoms with E-state index in [1.807, 2.05) is 19.9 Å². The highest BCUT2D eigenvalue weighted by atomic mass is 32.2. The second-order valence-electron chi connectivity index (χ2n) is 6.33. The van der Waals surface area contributed by atoms with Crippen molar-refractivity contribution in [3.63, 3.8) is 0 Å². The van der Waals surface area contributed by atoms with Crippen LogP contribution in [0.25, 0.3) is 0 Å². The predicted molar refractivity (Wildman–Crippen MR) is 110 cm³/mol. The fraction of sp³-hybridized carbons (Fsp3) is 0.143. The summed E-state index contributed by atoms with van der Waals surface area (Å²) in [5.41, 5.74) is 2.73. The first kappa shape index (κ1) is 19.6. The molecule has 0 saturated carbocycles. The molecule has 0 fully saturated rings. The summed E-state index contributed by atoms with van der Waals surface area (Å²) < 4.78 is 27.8. The van der Waals surface area contributed by atoms with E-state index in [2.05, 4.69) is 10.3 Å². The largest absolute Gasteiger partial charge is 0.323 e. The molecule has 0 atom stereocenters. The van der Waals surface area contributed by atoms with Gasteiger partial charge in [0.05, 0.1) is 22.5 Å². The third-order valence-electron chi connectivity index (χ3n) is 4.41. The number of anilines is 2. The molecule has 0 aliphatic carbocycles. The number of aromatic nitrogens is 1. The fourth-order valence-corrected chi connectivity index (χ4v) is 4.29. The molecule has 0 aliphatic rings. The summed E-state index contributed by atoms with van der Waals surface area (Å²) in [4.78, 5) is 16.7. The summed E-state index contributed by atoms with van der Waals surface area (Å²) in [6, 6.07) is 16.9. The van der Waals surface area contributed by atoms with Gasteiger partial charge in [-0.05, 0) is 55.3 Å². The zero-order chi connectivity index (χ0) is 20.1. The Bertz CT molecular complexity index is 1070. The van der Waals surface area contributed by atoms with Gasteiger partial charge < -0.3 is 5.32 Å². The van der Waals surface area contributed by atoms with Crippen molar-refractivity contribution in [2.24, 2.45) is 0 Å². The van der Waals surface area contributed by atoms with E-state index in [1.165, 1.54) is 18.3 Å². The highest BCUT2D eigenvalue weighted by Gasteiger charge is 2.28. The van der Waals surface area contributed by atoms with Gasteiger partial charge >= 0.3 is 0 Å². The number of nitrogens with one attached hydrogen (secondary N) is 1. The van der Waals surface area contributed by atoms with Crippen LogP contribution in [0.3, 0.4) is 0 Å². The lowest BCUT2D eigenvalue weighted by atomic mass is 10.1. The van der Waals surface area contributed by atoms with Crippen LogP contribution in [-0.2, 0) is 14.8 Å². The van der Waals surface area contributed by atoms with Crippen molar-refractivity contribution < 1.29 is 13.2 Å². The minimum absolute atomic E-state index is 0.130. The van der Waals surface area contributed by atoms with Crippen LogP contribution in [0.2, 0.25) is 0 Å². The highest BCUT2D eigenvalue weighted by molar-refractivity contribution is 7.92. The summed E-state index contributed by atoms with van der Waals surface area (Å²) in [5.74, 6) is -0.451. The lowest BCUT2D eigenvalue weighted by Crippen LogP contribution is -2.38. The van der Waals surface area contributed by atoms with Crippen molar-refractivity contribution in [2.45, 2.75) is 18.7 Å². The van der Waals surface area contributed by atoms with E-state index < -0.39 is 15.9 Å². The maximum absolute atomic E-state index is 13.3. The molecule has 28 heavy (non-hydrogen) atoms. The third kappa shape index (κ3) is 4.20. The molecular formula is C21H21N3O3S. The number of nitrogens with zero attached hydrogens (tertiary/aromatic N) is 2. The van der Waals surface area contributed by atoms with Gasteiger partial charge in [0.25, 0.3) is 10.0 Å². The molecule has 3 rings (SSSR count). The van der Waals surface area contributed by atoms with E-state index in [0.717, 1.165) is 15.4 Å². The van der Waals surface area contributed by atoms with Gasteiger partial charge in [-0.1, -0.05) is 30.3 Å². The molecule has 0 bridgehead atoms. The van der Waals surface area contributed by atoms with Gasteiger partial charge in [0.15, 0.2) is 0 Å². The molecule has 2 aromatic carbocycles. The Hall–Kier alpha value is -3.19. The smallest absolute Gasteiger partial charge is 0.264 e. The third-order valence-corrected chi connectivity index (χ3v) is 6.18. The molecule has 1 aromatic heterocycles. The van der Waals surface area contributed by atoms with E-state index in [4.69, 9.17) is 0 Å². The first-order valence-electron chi connectivity index (χ1n) is 8.73. The Morgan fingerprint density at radius 2 is 1.75 bits per heavy atom. The summed E-state index contributed by atoms with van der Waals surface area (Å²) in [5, 5.41) is 2.69. The molecule has 1 amide bonds. The summed E-state index contributed by atoms with van der Waals surface area (Å²) >= 11 is 0. The van der Waals surface area contributed by atoms with E-state index in [1.54, 1.807) is 48.7 Å². The number of hydrogen-bond donors (Lipinski definition) is 1. The molecule has 0 aliphatic heterocycles. The van der Waals surface area contributed by atoms with Crippen LogP contribution >= 0.6 is 0 Å². The molecular weight excluding hydrogens is 374 g/mol. The molecule has 7 heteroatoms. The molecule has 0 spiro atoms. The van der Waals surface area contributed by atoms with E-state index in [0.29, 0.717) is 11.4 Å². The number of hydrogen-bond acceptors (Lipinski definition) is 4. The van der Waals surface area contributed by atoms with Gasteiger partial charge in [-0.25, -0.2) is 8.42 Å². The Balaban J connectivity index is 2.00. The minimum Gasteiger partial charge on any atom is -0.323 e. The topological polar surface area (TPSA) is 79.4 Å². The van der Waals surface area contributed by atoms with E-state index in [-0.39, 0.29) is 11.4 Å². The lowest BCUT2D eigenvalue weighted by Gasteiger charge is -2.26. The van der Waals surface area contributed by atoms with Crippen LogP contribution in [-0.4, -0.2) is 25.9 Å². The fourth-order valence-electron chi connectivity index (χ4n) is 2.79. The Kier molecular flexibility index (Phi) is 5.75. The van der Waals surface area contributed by atoms with Crippen LogP contribution in [0.4, 0.5) is 11.4 Å². The Labute approximate surface area is 164 Å². The van der Waals surface area contributed by atoms with Crippen LogP contribution in [0, 0.1) is 13.8 Å². The number of carbonyl (C=O) groups is 1. The zero-order valence-electron chi connectivity index (χ0n) is 15.7. The van der Waals surface area contributed by atoms with Crippen molar-refractivity contribution in [1.82, 2.24) is 4.98 Å². The Morgan fingerprint density at radius 3 is 2.43 bits per heavy atom. The average molecular weight is 395 g/mol. The monoisotopic (exact) mass is 395 g/mol. The van der Waals surface area contributed by atoms with Gasteiger partial charge in [0.1, 0.15) is 6.54 Å². The molecule has 0 unspecified atom stereocenters. The van der Waals surface area contributed by atoms with Crippen LogP contribution in [0.5, 0.6) is 0 Å². The van der Waals surface area contributed by atoms with Gasteiger partial charge in [0, 0.05) is 6.20 Å². The standard InChI is InChI=1S/C21H21N3O3S/c1-16-8-6-12-20(17(16)2)24(28(26,27)19-10-4-3-5-11-19)15-21(25)23-18-9-7-13-22-14-18/h3-14H,15H2,1-2H3,(H,23,25). The SMILES string of the molecule is Cc1cccc(N(CC(=O)Nc2cccnc2)S(=O)(=O)c2ccccc2)c1C. The maximum Gasteiger partial charge on any atom is 0.264 e. The molecule has 0 radical (unpaired) electrons. The normalized spacial score (nSPS) is 11.1. The number of rotatable bonds is 6. The molecule has 1 heterocycles. The van der Waals surface area contributed by atoms with Gasteiger partial charge in [-0.15, -0.1) is 0 Å². The van der Waals surface area contributed by atoms with E-state index in [9.17, 15) is 13.2 Å². The molecule has 6 nitrogen and oxygen atoms in total. The zero-order valence-corrected chi connectivity index (χ0v) is 16.5. The van der Waals surface area contributed by atoms with Crippen LogP contribution in [0.1, 0.15) is 11.1 Å². The first-order chi connectivity index (χ1) is 13.4. The number of pyridine rings is 1. The molecule has 1 N–H and O–H groups in total. The minimum atomic E-state index is -3.92. The quantitative estimate of drug-likeness (QED) is 0.692. The second-order valence-corrected chi connectivity index (χ2v) is 8.20. The van der Waals surface area contributed by atoms with Crippen molar-refractivity contribution in [1.29, 1.82) is 0 Å². The second kappa shape index (κ2) is 8.22. The maximum atomic E-state index is 13.3. The number of aryl methyl sites for hydroxylation is 1. The van der Waals surface area contributed by atoms with Crippen molar-refractivity contribution >= 4 is 27.3 Å². The van der Waals surface area contributed by atoms with Crippen molar-refractivity contribution in [3.8, 4) is 0 Å². The number of carbonyl (C=O) groups excluding carboxylic acids is 1. The number of sulfonamides is 1. The first-order valence-corrected chi connectivity index (χ1v) is 10.2. The summed E-state index contributed by atoms with van der Waals surface area (Å²) in [7, 11) is -3.92. The molecule has 0 saturated heterocycles. The molecule has 3 aromatic rings. The highest BCUT2D eigenvalue weighted by Crippen LogP contribution is 2.28. The van der Waals surface area contributed by atoms with E-state index >= 15 is 0 Å². The van der Waals surface area contributed by atoms with Crippen LogP contribution < -0.4 is 9.62 Å². The number of benzene rings is 2. The molecule has 144 valence electrons. The van der Waals surface area contributed by atoms with Gasteiger partial charge in [-0.2, -0.15) is 0 Å². The summed E-state index contributed by atoms with van der Waals surface area (Å²) in [6.07, 6.45) is 3.10. The van der Waals surface area contributed by atoms with Crippen molar-refractivity contribution in [2.75, 3.05) is 16.2 Å². The summed E-state index contributed by atoms with van der Waals surface area (Å²) in [6.45, 7) is 3.40. The van der Waals surface area contributed by atoms with Crippen molar-refractivity contribution in [3.05, 3.63) is 84.2 Å². The van der Waals surface area contributed by atoms with Gasteiger partial charge in [-0.3, -0.25) is 14.1 Å². The van der Waals surface area contributed by atoms with Gasteiger partial charge in [0.2, 0.25) is 5.91 Å². The van der Waals surface area contributed by atoms with Crippen LogP contribution in [0.15, 0.2) is 78.0 Å². The Morgan fingerprint density at radius 1 is 1.00 bits per heavy atom. The predicted octanol–water partition coefficient (Wildman–Crippen LogP) is 3.53.